The summed E-state index contributed by atoms with van der Waals surface area (Å²) in [4.78, 5) is 21.6. The predicted octanol–water partition coefficient (Wildman–Crippen LogP) is 5.52. The van der Waals surface area contributed by atoms with Crippen molar-refractivity contribution in [3.63, 3.8) is 0 Å². The summed E-state index contributed by atoms with van der Waals surface area (Å²) in [5.74, 6) is 1.73. The highest BCUT2D eigenvalue weighted by molar-refractivity contribution is 7.14. The number of nitrogens with one attached hydrogen (secondary N) is 1. The van der Waals surface area contributed by atoms with Crippen LogP contribution in [0.3, 0.4) is 0 Å². The van der Waals surface area contributed by atoms with Gasteiger partial charge in [-0.3, -0.25) is 9.78 Å². The minimum Gasteiger partial charge on any atom is -0.393 e. The van der Waals surface area contributed by atoms with E-state index >= 15 is 0 Å². The molecule has 4 aliphatic carbocycles. The maximum atomic E-state index is 12.9. The number of thiazole rings is 1. The largest absolute Gasteiger partial charge is 0.393 e. The average Bonchev–Trinajstić information content (AvgIpc) is 3.54. The van der Waals surface area contributed by atoms with E-state index in [1.165, 1.54) is 11.3 Å². The second kappa shape index (κ2) is 10.8. The van der Waals surface area contributed by atoms with Crippen LogP contribution in [-0.2, 0) is 4.79 Å². The van der Waals surface area contributed by atoms with Gasteiger partial charge in [0.25, 0.3) is 0 Å². The van der Waals surface area contributed by atoms with E-state index in [1.54, 1.807) is 12.4 Å². The Morgan fingerprint density at radius 3 is 2.75 bits per heavy atom. The third-order valence-corrected chi connectivity index (χ3v) is 12.8. The van der Waals surface area contributed by atoms with E-state index in [2.05, 4.69) is 36.1 Å². The van der Waals surface area contributed by atoms with Gasteiger partial charge in [0.15, 0.2) is 5.13 Å². The molecule has 2 aromatic heterocycles. The molecular formula is C32H45N3O4S. The number of amides is 1. The van der Waals surface area contributed by atoms with E-state index in [4.69, 9.17) is 0 Å². The van der Waals surface area contributed by atoms with Crippen molar-refractivity contribution >= 4 is 22.4 Å². The first-order valence-electron chi connectivity index (χ1n) is 15.3. The summed E-state index contributed by atoms with van der Waals surface area (Å²) in [5, 5.41) is 39.1. The molecule has 8 heteroatoms. The number of aliphatic hydroxyl groups excluding tert-OH is 3. The number of hydrogen-bond acceptors (Lipinski definition) is 7. The fourth-order valence-corrected chi connectivity index (χ4v) is 10.6. The molecule has 0 unspecified atom stereocenters. The van der Waals surface area contributed by atoms with Crippen molar-refractivity contribution in [2.24, 2.45) is 46.3 Å². The van der Waals surface area contributed by atoms with Crippen LogP contribution >= 0.6 is 11.3 Å². The van der Waals surface area contributed by atoms with Gasteiger partial charge in [0, 0.05) is 29.8 Å². The van der Waals surface area contributed by atoms with Gasteiger partial charge in [-0.2, -0.15) is 0 Å². The minimum absolute atomic E-state index is 0.0240. The Hall–Kier alpha value is -1.87. The Morgan fingerprint density at radius 1 is 1.15 bits per heavy atom. The first-order valence-corrected chi connectivity index (χ1v) is 16.2. The van der Waals surface area contributed by atoms with Gasteiger partial charge in [-0.15, -0.1) is 11.3 Å². The summed E-state index contributed by atoms with van der Waals surface area (Å²) >= 11 is 1.42. The first-order chi connectivity index (χ1) is 19.1. The molecule has 0 saturated heterocycles. The highest BCUT2D eigenvalue weighted by Crippen LogP contribution is 2.68. The number of carbonyl (C=O) groups is 1. The van der Waals surface area contributed by atoms with Gasteiger partial charge in [0.05, 0.1) is 24.0 Å². The molecule has 40 heavy (non-hydrogen) atoms. The highest BCUT2D eigenvalue weighted by Gasteiger charge is 2.65. The SMILES string of the molecule is C[C@H](CCC(=O)Nc1nc(-c2cccnc2)cs1)[C@H]1CC[C@H]2[C@@H]3[C@H](O)C[C@@H]4C[C@H](O)CC[C@]4(C)[C@H]3C[C@H](O)[C@]12C. The molecule has 0 radical (unpaired) electrons. The van der Waals surface area contributed by atoms with Gasteiger partial charge in [-0.05, 0) is 110 Å². The molecule has 218 valence electrons. The summed E-state index contributed by atoms with van der Waals surface area (Å²) in [6.07, 6.45) is 9.85. The van der Waals surface area contributed by atoms with E-state index in [9.17, 15) is 20.1 Å². The zero-order valence-corrected chi connectivity index (χ0v) is 24.8. The number of anilines is 1. The molecule has 0 aliphatic heterocycles. The third-order valence-electron chi connectivity index (χ3n) is 12.1. The van der Waals surface area contributed by atoms with Gasteiger partial charge in [-0.1, -0.05) is 20.8 Å². The summed E-state index contributed by atoms with van der Waals surface area (Å²) in [7, 11) is 0. The van der Waals surface area contributed by atoms with E-state index in [0.29, 0.717) is 41.1 Å². The Labute approximate surface area is 241 Å². The number of pyridine rings is 1. The van der Waals surface area contributed by atoms with Gasteiger partial charge < -0.3 is 20.6 Å². The molecule has 2 heterocycles. The van der Waals surface area contributed by atoms with Crippen molar-refractivity contribution in [1.29, 1.82) is 0 Å². The van der Waals surface area contributed by atoms with Crippen LogP contribution in [0.5, 0.6) is 0 Å². The Bertz CT molecular complexity index is 1210. The monoisotopic (exact) mass is 567 g/mol. The number of aliphatic hydroxyl groups is 3. The van der Waals surface area contributed by atoms with Crippen LogP contribution in [0.25, 0.3) is 11.3 Å². The number of carbonyl (C=O) groups excluding carboxylic acids is 1. The molecule has 0 bridgehead atoms. The standard InChI is InChI=1S/C32H45N3O4S/c1-18(6-9-28(39)35-30-34-25(17-40-30)19-5-4-12-33-16-19)22-7-8-23-29-24(15-27(38)32(22,23)3)31(2)11-10-21(36)13-20(31)14-26(29)37/h4-5,12,16-18,20-24,26-27,29,36-38H,6-11,13-15H2,1-3H3,(H,34,35,39)/t18-,20+,21-,22-,23+,24+,26-,27+,29+,31+,32-/m1/s1. The smallest absolute Gasteiger partial charge is 0.226 e. The molecule has 1 amide bonds. The quantitative estimate of drug-likeness (QED) is 0.365. The molecule has 4 fully saturated rings. The van der Waals surface area contributed by atoms with Crippen LogP contribution in [0.4, 0.5) is 5.13 Å². The van der Waals surface area contributed by atoms with Gasteiger partial charge in [-0.25, -0.2) is 4.98 Å². The average molecular weight is 568 g/mol. The molecule has 0 spiro atoms. The molecular weight excluding hydrogens is 522 g/mol. The third kappa shape index (κ3) is 4.73. The van der Waals surface area contributed by atoms with Crippen molar-refractivity contribution in [1.82, 2.24) is 9.97 Å². The Kier molecular flexibility index (Phi) is 7.60. The Balaban J connectivity index is 1.10. The topological polar surface area (TPSA) is 116 Å². The van der Waals surface area contributed by atoms with Crippen molar-refractivity contribution in [2.45, 2.75) is 96.9 Å². The van der Waals surface area contributed by atoms with Crippen LogP contribution in [0.2, 0.25) is 0 Å². The maximum Gasteiger partial charge on any atom is 0.226 e. The minimum atomic E-state index is -0.404. The fraction of sp³-hybridized carbons (Fsp3) is 0.719. The molecule has 0 aromatic carbocycles. The molecule has 7 nitrogen and oxygen atoms in total. The summed E-state index contributed by atoms with van der Waals surface area (Å²) < 4.78 is 0. The van der Waals surface area contributed by atoms with E-state index in [0.717, 1.165) is 62.6 Å². The lowest BCUT2D eigenvalue weighted by Gasteiger charge is -2.63. The number of aromatic nitrogens is 2. The number of fused-ring (bicyclic) bond motifs is 5. The predicted molar refractivity (Wildman–Crippen MR) is 156 cm³/mol. The molecule has 2 aromatic rings. The zero-order chi connectivity index (χ0) is 28.2. The van der Waals surface area contributed by atoms with Crippen LogP contribution in [0.1, 0.15) is 78.6 Å². The zero-order valence-electron chi connectivity index (χ0n) is 24.0. The molecule has 4 aliphatic rings. The van der Waals surface area contributed by atoms with Gasteiger partial charge >= 0.3 is 0 Å². The lowest BCUT2D eigenvalue weighted by molar-refractivity contribution is -0.207. The lowest BCUT2D eigenvalue weighted by Crippen LogP contribution is -2.62. The molecule has 6 rings (SSSR count). The number of nitrogens with zero attached hydrogens (tertiary/aromatic N) is 2. The molecule has 11 atom stereocenters. The van der Waals surface area contributed by atoms with Crippen LogP contribution < -0.4 is 5.32 Å². The highest BCUT2D eigenvalue weighted by atomic mass is 32.1. The van der Waals surface area contributed by atoms with E-state index < -0.39 is 6.10 Å². The molecule has 4 saturated carbocycles. The summed E-state index contributed by atoms with van der Waals surface area (Å²) in [6, 6.07) is 3.83. The van der Waals surface area contributed by atoms with Crippen molar-refractivity contribution in [3.8, 4) is 11.3 Å². The van der Waals surface area contributed by atoms with Crippen molar-refractivity contribution < 1.29 is 20.1 Å². The van der Waals surface area contributed by atoms with Gasteiger partial charge in [0.2, 0.25) is 5.91 Å². The fourth-order valence-electron chi connectivity index (χ4n) is 9.85. The van der Waals surface area contributed by atoms with E-state index in [1.807, 2.05) is 17.5 Å². The van der Waals surface area contributed by atoms with Crippen LogP contribution in [-0.4, -0.2) is 49.5 Å². The normalized spacial score (nSPS) is 41.5. The maximum absolute atomic E-state index is 12.9. The Morgan fingerprint density at radius 2 is 1.98 bits per heavy atom. The number of rotatable bonds is 6. The second-order valence-corrected chi connectivity index (χ2v) is 14.7. The lowest BCUT2D eigenvalue weighted by atomic mass is 9.43. The van der Waals surface area contributed by atoms with Crippen LogP contribution in [0.15, 0.2) is 29.9 Å². The van der Waals surface area contributed by atoms with Gasteiger partial charge in [0.1, 0.15) is 0 Å². The van der Waals surface area contributed by atoms with Crippen molar-refractivity contribution in [2.75, 3.05) is 5.32 Å². The van der Waals surface area contributed by atoms with E-state index in [-0.39, 0.29) is 34.9 Å². The van der Waals surface area contributed by atoms with Crippen molar-refractivity contribution in [3.05, 3.63) is 29.9 Å². The summed E-state index contributed by atoms with van der Waals surface area (Å²) in [5.41, 5.74) is 1.58. The summed E-state index contributed by atoms with van der Waals surface area (Å²) in [6.45, 7) is 6.89. The first kappa shape index (κ1) is 28.3. The number of hydrogen-bond donors (Lipinski definition) is 4. The molecule has 4 N–H and O–H groups in total. The second-order valence-electron chi connectivity index (χ2n) is 13.9. The van der Waals surface area contributed by atoms with Crippen LogP contribution in [0, 0.1) is 46.3 Å².